The van der Waals surface area contributed by atoms with Gasteiger partial charge in [0.15, 0.2) is 5.82 Å². The second-order valence-corrected chi connectivity index (χ2v) is 6.47. The van der Waals surface area contributed by atoms with Crippen molar-refractivity contribution < 1.29 is 0 Å². The number of pyridine rings is 1. The van der Waals surface area contributed by atoms with Gasteiger partial charge in [0.2, 0.25) is 0 Å². The van der Waals surface area contributed by atoms with Gasteiger partial charge in [-0.25, -0.2) is 9.97 Å². The molecule has 126 valence electrons. The van der Waals surface area contributed by atoms with Crippen LogP contribution in [0.15, 0.2) is 55.0 Å². The highest BCUT2D eigenvalue weighted by molar-refractivity contribution is 6.30. The molecule has 1 saturated heterocycles. The highest BCUT2D eigenvalue weighted by Crippen LogP contribution is 2.29. The molecule has 0 bridgehead atoms. The van der Waals surface area contributed by atoms with E-state index in [4.69, 9.17) is 16.6 Å². The van der Waals surface area contributed by atoms with E-state index in [9.17, 15) is 0 Å². The molecule has 1 aromatic carbocycles. The lowest BCUT2D eigenvalue weighted by molar-refractivity contribution is 0.787. The van der Waals surface area contributed by atoms with Crippen molar-refractivity contribution in [3.63, 3.8) is 0 Å². The van der Waals surface area contributed by atoms with Crippen molar-refractivity contribution in [3.05, 3.63) is 60.0 Å². The van der Waals surface area contributed by atoms with Gasteiger partial charge in [-0.05, 0) is 42.8 Å². The molecule has 25 heavy (non-hydrogen) atoms. The first-order valence-electron chi connectivity index (χ1n) is 8.30. The molecule has 3 aromatic rings. The van der Waals surface area contributed by atoms with Gasteiger partial charge in [-0.2, -0.15) is 0 Å². The van der Waals surface area contributed by atoms with Gasteiger partial charge >= 0.3 is 0 Å². The van der Waals surface area contributed by atoms with Crippen LogP contribution in [0.25, 0.3) is 22.5 Å². The lowest BCUT2D eigenvalue weighted by Crippen LogP contribution is -2.23. The fraction of sp³-hybridized carbons (Fsp3) is 0.211. The van der Waals surface area contributed by atoms with Crippen LogP contribution in [0.2, 0.25) is 5.02 Å². The minimum atomic E-state index is 0.364. The predicted molar refractivity (Wildman–Crippen MR) is 101 cm³/mol. The Bertz CT molecular complexity index is 845. The van der Waals surface area contributed by atoms with E-state index >= 15 is 0 Å². The fourth-order valence-electron chi connectivity index (χ4n) is 2.94. The molecule has 1 unspecified atom stereocenters. The molecule has 1 atom stereocenters. The number of hydrogen-bond donors (Lipinski definition) is 2. The van der Waals surface area contributed by atoms with E-state index in [0.29, 0.717) is 16.9 Å². The second kappa shape index (κ2) is 7.17. The maximum Gasteiger partial charge on any atom is 0.163 e. The van der Waals surface area contributed by atoms with Crippen LogP contribution in [0, 0.1) is 0 Å². The Morgan fingerprint density at radius 2 is 1.96 bits per heavy atom. The monoisotopic (exact) mass is 351 g/mol. The van der Waals surface area contributed by atoms with Gasteiger partial charge in [-0.15, -0.1) is 0 Å². The van der Waals surface area contributed by atoms with Gasteiger partial charge < -0.3 is 10.6 Å². The van der Waals surface area contributed by atoms with Crippen LogP contribution in [0.1, 0.15) is 6.42 Å². The summed E-state index contributed by atoms with van der Waals surface area (Å²) in [7, 11) is 0. The van der Waals surface area contributed by atoms with Crippen molar-refractivity contribution in [2.45, 2.75) is 12.5 Å². The van der Waals surface area contributed by atoms with Crippen molar-refractivity contribution in [1.82, 2.24) is 20.3 Å². The third kappa shape index (κ3) is 3.62. The largest absolute Gasteiger partial charge is 0.365 e. The fourth-order valence-corrected chi connectivity index (χ4v) is 3.06. The minimum absolute atomic E-state index is 0.364. The zero-order valence-corrected chi connectivity index (χ0v) is 14.4. The Balaban J connectivity index is 1.75. The van der Waals surface area contributed by atoms with Crippen molar-refractivity contribution >= 4 is 17.4 Å². The summed E-state index contributed by atoms with van der Waals surface area (Å²) in [6.45, 7) is 1.96. The SMILES string of the molecule is Clc1ccc(-c2cnc(-c3cccnc3)nc2NC2CCNC2)cc1. The molecule has 3 heterocycles. The first kappa shape index (κ1) is 16.0. The molecule has 0 spiro atoms. The molecule has 2 aromatic heterocycles. The highest BCUT2D eigenvalue weighted by atomic mass is 35.5. The maximum atomic E-state index is 6.02. The number of aromatic nitrogens is 3. The number of benzene rings is 1. The van der Waals surface area contributed by atoms with Crippen molar-refractivity contribution in [2.24, 2.45) is 0 Å². The summed E-state index contributed by atoms with van der Waals surface area (Å²) >= 11 is 6.02. The van der Waals surface area contributed by atoms with Crippen LogP contribution in [-0.4, -0.2) is 34.1 Å². The predicted octanol–water partition coefficient (Wildman–Crippen LogP) is 3.63. The standard InChI is InChI=1S/C19H18ClN5/c20-15-5-3-13(4-6-15)17-12-23-18(14-2-1-8-21-10-14)25-19(17)24-16-7-9-22-11-16/h1-6,8,10,12,16,22H,7,9,11H2,(H,23,24,25). The zero-order chi connectivity index (χ0) is 17.1. The Kier molecular flexibility index (Phi) is 4.59. The lowest BCUT2D eigenvalue weighted by Gasteiger charge is -2.16. The molecule has 0 amide bonds. The Morgan fingerprint density at radius 1 is 1.08 bits per heavy atom. The average Bonchev–Trinajstić information content (AvgIpc) is 3.16. The summed E-state index contributed by atoms with van der Waals surface area (Å²) in [6, 6.07) is 12.0. The normalized spacial score (nSPS) is 16.8. The average molecular weight is 352 g/mol. The third-order valence-corrected chi connectivity index (χ3v) is 4.52. The van der Waals surface area contributed by atoms with Crippen LogP contribution >= 0.6 is 11.6 Å². The topological polar surface area (TPSA) is 62.7 Å². The summed E-state index contributed by atoms with van der Waals surface area (Å²) in [6.07, 6.45) is 6.46. The molecule has 4 rings (SSSR count). The number of nitrogens with zero attached hydrogens (tertiary/aromatic N) is 3. The number of hydrogen-bond acceptors (Lipinski definition) is 5. The van der Waals surface area contributed by atoms with Gasteiger partial charge in [0.1, 0.15) is 5.82 Å². The number of nitrogens with one attached hydrogen (secondary N) is 2. The summed E-state index contributed by atoms with van der Waals surface area (Å²) in [5, 5.41) is 7.65. The molecule has 0 aliphatic carbocycles. The lowest BCUT2D eigenvalue weighted by atomic mass is 10.1. The maximum absolute atomic E-state index is 6.02. The van der Waals surface area contributed by atoms with Gasteiger partial charge in [0.05, 0.1) is 0 Å². The number of rotatable bonds is 4. The van der Waals surface area contributed by atoms with E-state index in [1.54, 1.807) is 12.4 Å². The van der Waals surface area contributed by atoms with E-state index in [1.165, 1.54) is 0 Å². The van der Waals surface area contributed by atoms with Crippen LogP contribution in [-0.2, 0) is 0 Å². The molecule has 5 nitrogen and oxygen atoms in total. The zero-order valence-electron chi connectivity index (χ0n) is 13.6. The molecular weight excluding hydrogens is 334 g/mol. The Hall–Kier alpha value is -2.50. The molecule has 0 radical (unpaired) electrons. The molecule has 1 aliphatic rings. The van der Waals surface area contributed by atoms with Crippen LogP contribution in [0.4, 0.5) is 5.82 Å². The van der Waals surface area contributed by atoms with Crippen molar-refractivity contribution in [1.29, 1.82) is 0 Å². The van der Waals surface area contributed by atoms with Crippen molar-refractivity contribution in [3.8, 4) is 22.5 Å². The molecule has 0 saturated carbocycles. The van der Waals surface area contributed by atoms with E-state index < -0.39 is 0 Å². The molecule has 6 heteroatoms. The number of anilines is 1. The molecule has 1 aliphatic heterocycles. The quantitative estimate of drug-likeness (QED) is 0.751. The smallest absolute Gasteiger partial charge is 0.163 e. The van der Waals surface area contributed by atoms with Crippen LogP contribution < -0.4 is 10.6 Å². The highest BCUT2D eigenvalue weighted by Gasteiger charge is 2.18. The Labute approximate surface area is 151 Å². The number of halogens is 1. The van der Waals surface area contributed by atoms with Gasteiger partial charge in [0, 0.05) is 47.3 Å². The van der Waals surface area contributed by atoms with Gasteiger partial charge in [0.25, 0.3) is 0 Å². The molecular formula is C19H18ClN5. The van der Waals surface area contributed by atoms with Crippen molar-refractivity contribution in [2.75, 3.05) is 18.4 Å². The first-order chi connectivity index (χ1) is 12.3. The Morgan fingerprint density at radius 3 is 2.68 bits per heavy atom. The van der Waals surface area contributed by atoms with Gasteiger partial charge in [-0.1, -0.05) is 23.7 Å². The van der Waals surface area contributed by atoms with Gasteiger partial charge in [-0.3, -0.25) is 4.98 Å². The summed E-state index contributed by atoms with van der Waals surface area (Å²) < 4.78 is 0. The summed E-state index contributed by atoms with van der Waals surface area (Å²) in [5.74, 6) is 1.50. The third-order valence-electron chi connectivity index (χ3n) is 4.26. The molecule has 2 N–H and O–H groups in total. The minimum Gasteiger partial charge on any atom is -0.365 e. The first-order valence-corrected chi connectivity index (χ1v) is 8.68. The summed E-state index contributed by atoms with van der Waals surface area (Å²) in [4.78, 5) is 13.5. The second-order valence-electron chi connectivity index (χ2n) is 6.04. The van der Waals surface area contributed by atoms with E-state index in [-0.39, 0.29) is 0 Å². The van der Waals surface area contributed by atoms with E-state index in [1.807, 2.05) is 42.6 Å². The van der Waals surface area contributed by atoms with Crippen LogP contribution in [0.5, 0.6) is 0 Å². The molecule has 1 fully saturated rings. The summed E-state index contributed by atoms with van der Waals surface area (Å²) in [5.41, 5.74) is 2.91. The van der Waals surface area contributed by atoms with E-state index in [2.05, 4.69) is 20.6 Å². The van der Waals surface area contributed by atoms with Crippen LogP contribution in [0.3, 0.4) is 0 Å². The van der Waals surface area contributed by atoms with E-state index in [0.717, 1.165) is 42.0 Å².